The second-order valence-corrected chi connectivity index (χ2v) is 3.61. The average Bonchev–Trinajstić information content (AvgIpc) is 2.54. The standard InChI is InChI=1S/C10H8NS/c1-8-11-10(7-12-8)9-5-3-2-4-6-9/h2-3,5-7H,1H3. The van der Waals surface area contributed by atoms with Gasteiger partial charge in [-0.2, -0.15) is 0 Å². The van der Waals surface area contributed by atoms with E-state index in [0.29, 0.717) is 0 Å². The van der Waals surface area contributed by atoms with E-state index in [9.17, 15) is 0 Å². The molecular formula is C10H8NS. The molecule has 12 heavy (non-hydrogen) atoms. The molecule has 0 bridgehead atoms. The van der Waals surface area contributed by atoms with Crippen LogP contribution in [0, 0.1) is 13.0 Å². The van der Waals surface area contributed by atoms with Gasteiger partial charge in [-0.1, -0.05) is 18.2 Å². The Morgan fingerprint density at radius 3 is 3.00 bits per heavy atom. The van der Waals surface area contributed by atoms with Gasteiger partial charge in [-0.05, 0) is 19.1 Å². The number of hydrogen-bond acceptors (Lipinski definition) is 2. The zero-order valence-electron chi connectivity index (χ0n) is 6.74. The van der Waals surface area contributed by atoms with Crippen LogP contribution >= 0.6 is 11.3 Å². The number of thiazole rings is 1. The van der Waals surface area contributed by atoms with E-state index in [1.807, 2.05) is 31.2 Å². The van der Waals surface area contributed by atoms with Gasteiger partial charge in [0, 0.05) is 10.9 Å². The fourth-order valence-electron chi connectivity index (χ4n) is 1.05. The van der Waals surface area contributed by atoms with Gasteiger partial charge in [-0.3, -0.25) is 0 Å². The Hall–Kier alpha value is -1.15. The van der Waals surface area contributed by atoms with Crippen LogP contribution in [0.3, 0.4) is 0 Å². The minimum Gasteiger partial charge on any atom is -0.242 e. The Morgan fingerprint density at radius 2 is 2.42 bits per heavy atom. The Bertz CT molecular complexity index is 364. The molecule has 0 unspecified atom stereocenters. The Balaban J connectivity index is 2.45. The van der Waals surface area contributed by atoms with Gasteiger partial charge in [-0.15, -0.1) is 11.3 Å². The summed E-state index contributed by atoms with van der Waals surface area (Å²) in [6, 6.07) is 10.9. The molecule has 0 spiro atoms. The third kappa shape index (κ3) is 1.38. The van der Waals surface area contributed by atoms with Gasteiger partial charge in [0.05, 0.1) is 10.7 Å². The lowest BCUT2D eigenvalue weighted by atomic mass is 10.2. The summed E-state index contributed by atoms with van der Waals surface area (Å²) in [5.74, 6) is 0. The molecule has 1 radical (unpaired) electrons. The molecule has 2 aromatic rings. The quantitative estimate of drug-likeness (QED) is 0.647. The van der Waals surface area contributed by atoms with Crippen LogP contribution in [0.1, 0.15) is 5.01 Å². The lowest BCUT2D eigenvalue weighted by Gasteiger charge is -1.92. The van der Waals surface area contributed by atoms with Gasteiger partial charge in [-0.25, -0.2) is 4.98 Å². The number of benzene rings is 1. The number of rotatable bonds is 1. The first-order chi connectivity index (χ1) is 5.86. The number of aryl methyl sites for hydroxylation is 1. The molecule has 0 N–H and O–H groups in total. The van der Waals surface area contributed by atoms with Gasteiger partial charge < -0.3 is 0 Å². The predicted molar refractivity (Wildman–Crippen MR) is 51.1 cm³/mol. The molecule has 1 nitrogen and oxygen atoms in total. The highest BCUT2D eigenvalue weighted by molar-refractivity contribution is 7.09. The monoisotopic (exact) mass is 174 g/mol. The van der Waals surface area contributed by atoms with E-state index >= 15 is 0 Å². The molecule has 1 aromatic carbocycles. The molecule has 2 rings (SSSR count). The van der Waals surface area contributed by atoms with Crippen LogP contribution in [-0.2, 0) is 0 Å². The third-order valence-corrected chi connectivity index (χ3v) is 2.40. The Labute approximate surface area is 75.7 Å². The van der Waals surface area contributed by atoms with Gasteiger partial charge in [0.2, 0.25) is 0 Å². The maximum atomic E-state index is 4.38. The summed E-state index contributed by atoms with van der Waals surface area (Å²) < 4.78 is 0. The molecule has 1 aromatic heterocycles. The Kier molecular flexibility index (Phi) is 1.92. The van der Waals surface area contributed by atoms with E-state index in [1.165, 1.54) is 0 Å². The van der Waals surface area contributed by atoms with Crippen LogP contribution in [0.5, 0.6) is 0 Å². The van der Waals surface area contributed by atoms with Crippen molar-refractivity contribution < 1.29 is 0 Å². The van der Waals surface area contributed by atoms with E-state index < -0.39 is 0 Å². The van der Waals surface area contributed by atoms with Crippen molar-refractivity contribution >= 4 is 11.3 Å². The lowest BCUT2D eigenvalue weighted by molar-refractivity contribution is 1.30. The molecule has 1 heterocycles. The largest absolute Gasteiger partial charge is 0.242 e. The van der Waals surface area contributed by atoms with E-state index in [-0.39, 0.29) is 0 Å². The molecule has 0 fully saturated rings. The fraction of sp³-hybridized carbons (Fsp3) is 0.100. The van der Waals surface area contributed by atoms with Crippen LogP contribution in [-0.4, -0.2) is 4.98 Å². The first-order valence-corrected chi connectivity index (χ1v) is 4.63. The fourth-order valence-corrected chi connectivity index (χ4v) is 1.67. The second kappa shape index (κ2) is 3.07. The molecule has 59 valence electrons. The smallest absolute Gasteiger partial charge is 0.0901 e. The highest BCUT2D eigenvalue weighted by atomic mass is 32.1. The molecule has 0 atom stereocenters. The first kappa shape index (κ1) is 7.50. The van der Waals surface area contributed by atoms with Crippen LogP contribution in [0.15, 0.2) is 29.6 Å². The average molecular weight is 174 g/mol. The third-order valence-electron chi connectivity index (χ3n) is 1.62. The minimum atomic E-state index is 1.05. The maximum Gasteiger partial charge on any atom is 0.0901 e. The van der Waals surface area contributed by atoms with Crippen molar-refractivity contribution in [1.29, 1.82) is 0 Å². The van der Waals surface area contributed by atoms with E-state index in [4.69, 9.17) is 0 Å². The van der Waals surface area contributed by atoms with Gasteiger partial charge >= 0.3 is 0 Å². The maximum absolute atomic E-state index is 4.38. The van der Waals surface area contributed by atoms with Crippen molar-refractivity contribution in [3.63, 3.8) is 0 Å². The zero-order valence-corrected chi connectivity index (χ0v) is 7.56. The number of aromatic nitrogens is 1. The summed E-state index contributed by atoms with van der Waals surface area (Å²) in [6.07, 6.45) is 0. The predicted octanol–water partition coefficient (Wildman–Crippen LogP) is 2.92. The highest BCUT2D eigenvalue weighted by Gasteiger charge is 1.99. The highest BCUT2D eigenvalue weighted by Crippen LogP contribution is 2.20. The molecular weight excluding hydrogens is 166 g/mol. The lowest BCUT2D eigenvalue weighted by Crippen LogP contribution is -1.75. The van der Waals surface area contributed by atoms with E-state index in [1.54, 1.807) is 11.3 Å². The first-order valence-electron chi connectivity index (χ1n) is 3.75. The van der Waals surface area contributed by atoms with Crippen LogP contribution in [0.2, 0.25) is 0 Å². The summed E-state index contributed by atoms with van der Waals surface area (Å²) >= 11 is 1.67. The SMILES string of the molecule is Cc1nc(-c2c[c]ccc2)cs1. The van der Waals surface area contributed by atoms with Crippen molar-refractivity contribution in [2.45, 2.75) is 6.92 Å². The number of nitrogens with zero attached hydrogens (tertiary/aromatic N) is 1. The van der Waals surface area contributed by atoms with Crippen molar-refractivity contribution in [2.75, 3.05) is 0 Å². The number of hydrogen-bond donors (Lipinski definition) is 0. The van der Waals surface area contributed by atoms with Crippen molar-refractivity contribution in [1.82, 2.24) is 4.98 Å². The van der Waals surface area contributed by atoms with Crippen LogP contribution in [0.4, 0.5) is 0 Å². The molecule has 0 amide bonds. The molecule has 0 aliphatic carbocycles. The molecule has 0 saturated carbocycles. The minimum absolute atomic E-state index is 1.05. The van der Waals surface area contributed by atoms with Crippen LogP contribution < -0.4 is 0 Å². The van der Waals surface area contributed by atoms with Crippen molar-refractivity contribution in [3.05, 3.63) is 40.7 Å². The normalized spacial score (nSPS) is 10.1. The summed E-state index contributed by atoms with van der Waals surface area (Å²) in [5, 5.41) is 3.17. The summed E-state index contributed by atoms with van der Waals surface area (Å²) in [7, 11) is 0. The van der Waals surface area contributed by atoms with Gasteiger partial charge in [0.25, 0.3) is 0 Å². The van der Waals surface area contributed by atoms with Crippen molar-refractivity contribution in [2.24, 2.45) is 0 Å². The zero-order chi connectivity index (χ0) is 8.39. The van der Waals surface area contributed by atoms with Gasteiger partial charge in [0.1, 0.15) is 0 Å². The van der Waals surface area contributed by atoms with Gasteiger partial charge in [0.15, 0.2) is 0 Å². The summed E-state index contributed by atoms with van der Waals surface area (Å²) in [4.78, 5) is 4.38. The van der Waals surface area contributed by atoms with E-state index in [0.717, 1.165) is 16.3 Å². The topological polar surface area (TPSA) is 12.9 Å². The van der Waals surface area contributed by atoms with E-state index in [2.05, 4.69) is 16.4 Å². The summed E-state index contributed by atoms with van der Waals surface area (Å²) in [6.45, 7) is 2.01. The summed E-state index contributed by atoms with van der Waals surface area (Å²) in [5.41, 5.74) is 2.19. The Morgan fingerprint density at radius 1 is 1.50 bits per heavy atom. The second-order valence-electron chi connectivity index (χ2n) is 2.54. The molecule has 0 aliphatic rings. The van der Waals surface area contributed by atoms with Crippen molar-refractivity contribution in [3.8, 4) is 11.3 Å². The molecule has 0 saturated heterocycles. The van der Waals surface area contributed by atoms with Crippen LogP contribution in [0.25, 0.3) is 11.3 Å². The molecule has 0 aliphatic heterocycles. The molecule has 2 heteroatoms.